The average molecular weight is 278 g/mol. The fraction of sp³-hybridized carbons (Fsp3) is 0.562. The van der Waals surface area contributed by atoms with Crippen LogP contribution in [0.25, 0.3) is 0 Å². The van der Waals surface area contributed by atoms with Gasteiger partial charge in [-0.2, -0.15) is 0 Å². The smallest absolute Gasteiger partial charge is 0.220 e. The molecule has 2 atom stereocenters. The van der Waals surface area contributed by atoms with Crippen LogP contribution in [-0.4, -0.2) is 24.2 Å². The molecule has 0 aliphatic carbocycles. The normalized spacial score (nSPS) is 13.8. The van der Waals surface area contributed by atoms with Gasteiger partial charge in [0.05, 0.1) is 12.6 Å². The molecule has 1 aromatic carbocycles. The molecule has 0 aromatic heterocycles. The molecular formula is C16H26N2O2. The van der Waals surface area contributed by atoms with Crippen LogP contribution in [0.15, 0.2) is 30.3 Å². The van der Waals surface area contributed by atoms with Gasteiger partial charge in [-0.1, -0.05) is 43.7 Å². The summed E-state index contributed by atoms with van der Waals surface area (Å²) in [5.74, 6) is 0.499. The van der Waals surface area contributed by atoms with Gasteiger partial charge in [0.15, 0.2) is 0 Å². The lowest BCUT2D eigenvalue weighted by atomic mass is 9.96. The predicted octanol–water partition coefficient (Wildman–Crippen LogP) is 1.99. The van der Waals surface area contributed by atoms with E-state index in [1.165, 1.54) is 0 Å². The summed E-state index contributed by atoms with van der Waals surface area (Å²) >= 11 is 0. The molecule has 112 valence electrons. The largest absolute Gasteiger partial charge is 0.394 e. The van der Waals surface area contributed by atoms with E-state index in [2.05, 4.69) is 12.2 Å². The third-order valence-electron chi connectivity index (χ3n) is 3.65. The molecule has 0 fully saturated rings. The quantitative estimate of drug-likeness (QED) is 0.646. The molecule has 4 heteroatoms. The van der Waals surface area contributed by atoms with Crippen molar-refractivity contribution in [2.24, 2.45) is 11.7 Å². The number of aliphatic hydroxyl groups is 1. The summed E-state index contributed by atoms with van der Waals surface area (Å²) in [6.07, 6.45) is 3.35. The van der Waals surface area contributed by atoms with Crippen LogP contribution < -0.4 is 11.1 Å². The fourth-order valence-electron chi connectivity index (χ4n) is 2.31. The summed E-state index contributed by atoms with van der Waals surface area (Å²) in [6.45, 7) is 2.71. The zero-order valence-corrected chi connectivity index (χ0v) is 12.2. The number of carbonyl (C=O) groups is 1. The lowest BCUT2D eigenvalue weighted by molar-refractivity contribution is -0.122. The second-order valence-corrected chi connectivity index (χ2v) is 5.10. The lowest BCUT2D eigenvalue weighted by Crippen LogP contribution is -2.31. The van der Waals surface area contributed by atoms with Gasteiger partial charge in [0, 0.05) is 6.42 Å². The third kappa shape index (κ3) is 5.72. The molecule has 20 heavy (non-hydrogen) atoms. The predicted molar refractivity (Wildman–Crippen MR) is 81.1 cm³/mol. The van der Waals surface area contributed by atoms with Gasteiger partial charge >= 0.3 is 0 Å². The maximum atomic E-state index is 12.0. The van der Waals surface area contributed by atoms with Crippen LogP contribution in [0.1, 0.15) is 44.2 Å². The Labute approximate surface area is 121 Å². The lowest BCUT2D eigenvalue weighted by Gasteiger charge is -2.18. The first-order valence-corrected chi connectivity index (χ1v) is 7.36. The molecule has 4 N–H and O–H groups in total. The van der Waals surface area contributed by atoms with Crippen LogP contribution in [0, 0.1) is 5.92 Å². The van der Waals surface area contributed by atoms with E-state index in [0.29, 0.717) is 18.9 Å². The molecular weight excluding hydrogens is 252 g/mol. The van der Waals surface area contributed by atoms with Gasteiger partial charge in [0.25, 0.3) is 0 Å². The fourth-order valence-corrected chi connectivity index (χ4v) is 2.31. The van der Waals surface area contributed by atoms with Gasteiger partial charge in [-0.3, -0.25) is 4.79 Å². The minimum Gasteiger partial charge on any atom is -0.394 e. The second-order valence-electron chi connectivity index (χ2n) is 5.10. The van der Waals surface area contributed by atoms with Gasteiger partial charge < -0.3 is 16.2 Å². The first-order valence-electron chi connectivity index (χ1n) is 7.36. The van der Waals surface area contributed by atoms with Crippen molar-refractivity contribution in [1.82, 2.24) is 5.32 Å². The van der Waals surface area contributed by atoms with Crippen LogP contribution in [0.5, 0.6) is 0 Å². The van der Waals surface area contributed by atoms with Crippen LogP contribution in [0.2, 0.25) is 0 Å². The Kier molecular flexibility index (Phi) is 7.92. The van der Waals surface area contributed by atoms with Crippen molar-refractivity contribution in [1.29, 1.82) is 0 Å². The van der Waals surface area contributed by atoms with Crippen molar-refractivity contribution < 1.29 is 9.90 Å². The Hall–Kier alpha value is -1.39. The Bertz CT molecular complexity index is 381. The number of hydrogen-bond acceptors (Lipinski definition) is 3. The molecule has 1 amide bonds. The number of hydrogen-bond donors (Lipinski definition) is 3. The van der Waals surface area contributed by atoms with Crippen LogP contribution in [0.4, 0.5) is 0 Å². The number of benzene rings is 1. The maximum absolute atomic E-state index is 12.0. The molecule has 4 nitrogen and oxygen atoms in total. The van der Waals surface area contributed by atoms with E-state index in [4.69, 9.17) is 5.73 Å². The van der Waals surface area contributed by atoms with E-state index < -0.39 is 0 Å². The summed E-state index contributed by atoms with van der Waals surface area (Å²) in [4.78, 5) is 12.0. The second kappa shape index (κ2) is 9.50. The van der Waals surface area contributed by atoms with Crippen molar-refractivity contribution in [3.8, 4) is 0 Å². The number of nitrogens with one attached hydrogen (secondary N) is 1. The van der Waals surface area contributed by atoms with Crippen molar-refractivity contribution in [3.63, 3.8) is 0 Å². The standard InChI is InChI=1S/C16H26N2O2/c1-2-13(10-11-17)8-9-16(20)18-15(12-19)14-6-4-3-5-7-14/h3-7,13,15,19H,2,8-12,17H2,1H3,(H,18,20). The van der Waals surface area contributed by atoms with Crippen molar-refractivity contribution >= 4 is 5.91 Å². The molecule has 0 spiro atoms. The minimum absolute atomic E-state index is 0.0108. The van der Waals surface area contributed by atoms with Crippen molar-refractivity contribution in [3.05, 3.63) is 35.9 Å². The Morgan fingerprint density at radius 3 is 2.55 bits per heavy atom. The highest BCUT2D eigenvalue weighted by molar-refractivity contribution is 5.76. The molecule has 0 bridgehead atoms. The molecule has 0 aliphatic rings. The van der Waals surface area contributed by atoms with E-state index >= 15 is 0 Å². The number of rotatable bonds is 9. The van der Waals surface area contributed by atoms with E-state index in [9.17, 15) is 9.90 Å². The number of aliphatic hydroxyl groups excluding tert-OH is 1. The summed E-state index contributed by atoms with van der Waals surface area (Å²) in [6, 6.07) is 9.21. The molecule has 1 aromatic rings. The molecule has 0 saturated carbocycles. The van der Waals surface area contributed by atoms with Gasteiger partial charge in [0.1, 0.15) is 0 Å². The Morgan fingerprint density at radius 1 is 1.30 bits per heavy atom. The first-order chi connectivity index (χ1) is 9.71. The Morgan fingerprint density at radius 2 is 2.00 bits per heavy atom. The van der Waals surface area contributed by atoms with Gasteiger partial charge in [0.2, 0.25) is 5.91 Å². The highest BCUT2D eigenvalue weighted by Crippen LogP contribution is 2.16. The Balaban J connectivity index is 2.44. The summed E-state index contributed by atoms with van der Waals surface area (Å²) in [5, 5.41) is 12.3. The first kappa shape index (κ1) is 16.7. The summed E-state index contributed by atoms with van der Waals surface area (Å²) in [5.41, 5.74) is 6.48. The van der Waals surface area contributed by atoms with E-state index in [1.807, 2.05) is 30.3 Å². The monoisotopic (exact) mass is 278 g/mol. The summed E-state index contributed by atoms with van der Waals surface area (Å²) in [7, 11) is 0. The van der Waals surface area contributed by atoms with Crippen LogP contribution in [0.3, 0.4) is 0 Å². The molecule has 0 saturated heterocycles. The molecule has 0 aliphatic heterocycles. The van der Waals surface area contributed by atoms with Gasteiger partial charge in [-0.05, 0) is 30.9 Å². The highest BCUT2D eigenvalue weighted by atomic mass is 16.3. The highest BCUT2D eigenvalue weighted by Gasteiger charge is 2.14. The molecule has 0 radical (unpaired) electrons. The van der Waals surface area contributed by atoms with Crippen molar-refractivity contribution in [2.45, 2.75) is 38.6 Å². The SMILES string of the molecule is CCC(CCN)CCC(=O)NC(CO)c1ccccc1. The van der Waals surface area contributed by atoms with Gasteiger partial charge in [-0.25, -0.2) is 0 Å². The van der Waals surface area contributed by atoms with Gasteiger partial charge in [-0.15, -0.1) is 0 Å². The zero-order valence-electron chi connectivity index (χ0n) is 12.2. The molecule has 0 heterocycles. The van der Waals surface area contributed by atoms with E-state index in [-0.39, 0.29) is 18.6 Å². The number of carbonyl (C=O) groups excluding carboxylic acids is 1. The minimum atomic E-state index is -0.321. The van der Waals surface area contributed by atoms with E-state index in [1.54, 1.807) is 0 Å². The topological polar surface area (TPSA) is 75.4 Å². The van der Waals surface area contributed by atoms with Crippen LogP contribution in [-0.2, 0) is 4.79 Å². The van der Waals surface area contributed by atoms with E-state index in [0.717, 1.165) is 24.8 Å². The molecule has 1 rings (SSSR count). The zero-order chi connectivity index (χ0) is 14.8. The summed E-state index contributed by atoms with van der Waals surface area (Å²) < 4.78 is 0. The van der Waals surface area contributed by atoms with Crippen molar-refractivity contribution in [2.75, 3.05) is 13.2 Å². The number of amides is 1. The maximum Gasteiger partial charge on any atom is 0.220 e. The number of nitrogens with two attached hydrogens (primary N) is 1. The average Bonchev–Trinajstić information content (AvgIpc) is 2.49. The molecule has 2 unspecified atom stereocenters. The van der Waals surface area contributed by atoms with Crippen LogP contribution >= 0.6 is 0 Å². The third-order valence-corrected chi connectivity index (χ3v) is 3.65.